The van der Waals surface area contributed by atoms with E-state index < -0.39 is 6.04 Å². The Labute approximate surface area is 210 Å². The minimum absolute atomic E-state index is 0.0338. The van der Waals surface area contributed by atoms with Gasteiger partial charge in [0.05, 0.1) is 6.42 Å². The molecule has 0 unspecified atom stereocenters. The Balaban J connectivity index is 1.98. The van der Waals surface area contributed by atoms with E-state index >= 15 is 0 Å². The molecule has 0 fully saturated rings. The van der Waals surface area contributed by atoms with Gasteiger partial charge in [-0.2, -0.15) is 0 Å². The average molecular weight is 471 g/mol. The van der Waals surface area contributed by atoms with Gasteiger partial charge in [0, 0.05) is 19.5 Å². The molecule has 0 aliphatic carbocycles. The minimum Gasteiger partial charge on any atom is -0.354 e. The van der Waals surface area contributed by atoms with Gasteiger partial charge in [0.15, 0.2) is 0 Å². The fourth-order valence-electron chi connectivity index (χ4n) is 4.29. The van der Waals surface area contributed by atoms with Gasteiger partial charge in [0.2, 0.25) is 11.8 Å². The molecule has 4 nitrogen and oxygen atoms in total. The molecule has 0 bridgehead atoms. The SMILES string of the molecule is CCCCNC(=O)[C@@H](Cc1ccccc1)N(Cc1ccccc1C)C(=O)Cc1cc(C)ccc1C. The van der Waals surface area contributed by atoms with E-state index in [4.69, 9.17) is 0 Å². The first-order chi connectivity index (χ1) is 16.9. The number of nitrogens with zero attached hydrogens (tertiary/aromatic N) is 1. The van der Waals surface area contributed by atoms with Crippen molar-refractivity contribution in [3.05, 3.63) is 106 Å². The zero-order valence-electron chi connectivity index (χ0n) is 21.5. The number of unbranched alkanes of at least 4 members (excludes halogenated alkanes) is 1. The van der Waals surface area contributed by atoms with Crippen LogP contribution in [0.1, 0.15) is 53.1 Å². The number of carbonyl (C=O) groups excluding carboxylic acids is 2. The molecule has 0 saturated carbocycles. The second-order valence-corrected chi connectivity index (χ2v) is 9.40. The first kappa shape index (κ1) is 26.2. The standard InChI is InChI=1S/C31H38N2O2/c1-5-6-18-32-31(35)29(20-26-13-8-7-9-14-26)33(22-27-15-11-10-12-24(27)3)30(34)21-28-19-23(2)16-17-25(28)4/h7-17,19,29H,5-6,18,20-22H2,1-4H3,(H,32,35)/t29-/m1/s1. The summed E-state index contributed by atoms with van der Waals surface area (Å²) in [5.41, 5.74) is 6.43. The van der Waals surface area contributed by atoms with Crippen LogP contribution < -0.4 is 5.32 Å². The molecule has 4 heteroatoms. The van der Waals surface area contributed by atoms with Crippen LogP contribution in [0.25, 0.3) is 0 Å². The smallest absolute Gasteiger partial charge is 0.243 e. The topological polar surface area (TPSA) is 49.4 Å². The van der Waals surface area contributed by atoms with Crippen LogP contribution in [-0.4, -0.2) is 29.3 Å². The van der Waals surface area contributed by atoms with Gasteiger partial charge in [0.1, 0.15) is 6.04 Å². The molecule has 3 aromatic carbocycles. The first-order valence-corrected chi connectivity index (χ1v) is 12.6. The van der Waals surface area contributed by atoms with Crippen LogP contribution in [0.5, 0.6) is 0 Å². The Hall–Kier alpha value is -3.40. The van der Waals surface area contributed by atoms with E-state index in [1.54, 1.807) is 4.90 Å². The van der Waals surface area contributed by atoms with Gasteiger partial charge < -0.3 is 10.2 Å². The fraction of sp³-hybridized carbons (Fsp3) is 0.355. The zero-order chi connectivity index (χ0) is 25.2. The summed E-state index contributed by atoms with van der Waals surface area (Å²) < 4.78 is 0. The maximum atomic E-state index is 13.9. The molecule has 1 atom stereocenters. The Morgan fingerprint density at radius 2 is 1.54 bits per heavy atom. The van der Waals surface area contributed by atoms with Gasteiger partial charge in [0.25, 0.3) is 0 Å². The van der Waals surface area contributed by atoms with Crippen LogP contribution in [-0.2, 0) is 29.0 Å². The first-order valence-electron chi connectivity index (χ1n) is 12.6. The van der Waals surface area contributed by atoms with Gasteiger partial charge in [-0.3, -0.25) is 9.59 Å². The van der Waals surface area contributed by atoms with Crippen molar-refractivity contribution >= 4 is 11.8 Å². The fourth-order valence-corrected chi connectivity index (χ4v) is 4.29. The monoisotopic (exact) mass is 470 g/mol. The highest BCUT2D eigenvalue weighted by Crippen LogP contribution is 2.20. The number of rotatable bonds is 11. The van der Waals surface area contributed by atoms with Crippen molar-refractivity contribution < 1.29 is 9.59 Å². The van der Waals surface area contributed by atoms with E-state index in [0.717, 1.165) is 46.2 Å². The summed E-state index contributed by atoms with van der Waals surface area (Å²) in [5, 5.41) is 3.09. The number of amides is 2. The molecule has 0 spiro atoms. The van der Waals surface area contributed by atoms with Crippen molar-refractivity contribution in [1.82, 2.24) is 10.2 Å². The summed E-state index contributed by atoms with van der Waals surface area (Å²) in [5.74, 6) is -0.126. The molecule has 184 valence electrons. The molecule has 0 heterocycles. The van der Waals surface area contributed by atoms with Gasteiger partial charge >= 0.3 is 0 Å². The number of aryl methyl sites for hydroxylation is 3. The van der Waals surface area contributed by atoms with Crippen molar-refractivity contribution in [3.63, 3.8) is 0 Å². The van der Waals surface area contributed by atoms with E-state index in [1.165, 1.54) is 0 Å². The van der Waals surface area contributed by atoms with E-state index in [2.05, 4.69) is 43.4 Å². The van der Waals surface area contributed by atoms with Gasteiger partial charge in [-0.05, 0) is 55.0 Å². The normalized spacial score (nSPS) is 11.7. The molecule has 0 saturated heterocycles. The number of carbonyl (C=O) groups is 2. The average Bonchev–Trinajstić information content (AvgIpc) is 2.85. The molecular weight excluding hydrogens is 432 g/mol. The molecule has 3 rings (SSSR count). The van der Waals surface area contributed by atoms with Crippen molar-refractivity contribution in [2.45, 2.75) is 66.0 Å². The summed E-state index contributed by atoms with van der Waals surface area (Å²) in [7, 11) is 0. The van der Waals surface area contributed by atoms with Gasteiger partial charge in [-0.15, -0.1) is 0 Å². The second-order valence-electron chi connectivity index (χ2n) is 9.40. The number of nitrogens with one attached hydrogen (secondary N) is 1. The highest BCUT2D eigenvalue weighted by atomic mass is 16.2. The lowest BCUT2D eigenvalue weighted by Gasteiger charge is -2.32. The third-order valence-corrected chi connectivity index (χ3v) is 6.55. The Kier molecular flexibility index (Phi) is 9.66. The van der Waals surface area contributed by atoms with Crippen molar-refractivity contribution in [1.29, 1.82) is 0 Å². The second kappa shape index (κ2) is 12.9. The number of benzene rings is 3. The van der Waals surface area contributed by atoms with Crippen molar-refractivity contribution in [2.24, 2.45) is 0 Å². The Morgan fingerprint density at radius 3 is 2.26 bits per heavy atom. The van der Waals surface area contributed by atoms with Crippen LogP contribution in [0.2, 0.25) is 0 Å². The quantitative estimate of drug-likeness (QED) is 0.365. The molecular formula is C31H38N2O2. The number of hydrogen-bond donors (Lipinski definition) is 1. The van der Waals surface area contributed by atoms with Crippen LogP contribution in [0.3, 0.4) is 0 Å². The highest BCUT2D eigenvalue weighted by Gasteiger charge is 2.30. The van der Waals surface area contributed by atoms with Crippen molar-refractivity contribution in [3.8, 4) is 0 Å². The highest BCUT2D eigenvalue weighted by molar-refractivity contribution is 5.89. The lowest BCUT2D eigenvalue weighted by molar-refractivity contribution is -0.140. The molecule has 3 aromatic rings. The Bertz CT molecular complexity index is 1120. The molecule has 1 N–H and O–H groups in total. The summed E-state index contributed by atoms with van der Waals surface area (Å²) in [6.45, 7) is 9.24. The maximum Gasteiger partial charge on any atom is 0.243 e. The third kappa shape index (κ3) is 7.54. The molecule has 0 radical (unpaired) electrons. The van der Waals surface area contributed by atoms with Gasteiger partial charge in [-0.1, -0.05) is 91.7 Å². The predicted octanol–water partition coefficient (Wildman–Crippen LogP) is 5.71. The van der Waals surface area contributed by atoms with Crippen LogP contribution in [0.4, 0.5) is 0 Å². The predicted molar refractivity (Wildman–Crippen MR) is 143 cm³/mol. The number of hydrogen-bond acceptors (Lipinski definition) is 2. The zero-order valence-corrected chi connectivity index (χ0v) is 21.5. The van der Waals surface area contributed by atoms with Crippen LogP contribution in [0, 0.1) is 20.8 Å². The van der Waals surface area contributed by atoms with E-state index in [-0.39, 0.29) is 18.2 Å². The molecule has 0 aliphatic heterocycles. The Morgan fingerprint density at radius 1 is 0.857 bits per heavy atom. The molecule has 2 amide bonds. The van der Waals surface area contributed by atoms with Crippen molar-refractivity contribution in [2.75, 3.05) is 6.54 Å². The molecule has 0 aromatic heterocycles. The summed E-state index contributed by atoms with van der Waals surface area (Å²) in [4.78, 5) is 29.2. The molecule has 0 aliphatic rings. The van der Waals surface area contributed by atoms with E-state index in [0.29, 0.717) is 19.5 Å². The lowest BCUT2D eigenvalue weighted by Crippen LogP contribution is -2.51. The summed E-state index contributed by atoms with van der Waals surface area (Å²) >= 11 is 0. The largest absolute Gasteiger partial charge is 0.354 e. The van der Waals surface area contributed by atoms with Gasteiger partial charge in [-0.25, -0.2) is 0 Å². The summed E-state index contributed by atoms with van der Waals surface area (Å²) in [6.07, 6.45) is 2.66. The minimum atomic E-state index is -0.591. The van der Waals surface area contributed by atoms with Crippen LogP contribution >= 0.6 is 0 Å². The van der Waals surface area contributed by atoms with Crippen LogP contribution in [0.15, 0.2) is 72.8 Å². The lowest BCUT2D eigenvalue weighted by atomic mass is 9.98. The van der Waals surface area contributed by atoms with E-state index in [1.807, 2.05) is 62.4 Å². The third-order valence-electron chi connectivity index (χ3n) is 6.55. The summed E-state index contributed by atoms with van der Waals surface area (Å²) in [6, 6.07) is 23.7. The van der Waals surface area contributed by atoms with E-state index in [9.17, 15) is 9.59 Å². The molecule has 35 heavy (non-hydrogen) atoms. The maximum absolute atomic E-state index is 13.9.